The molecule has 3 saturated carbocycles. The van der Waals surface area contributed by atoms with Gasteiger partial charge in [-0.15, -0.1) is 0 Å². The van der Waals surface area contributed by atoms with Gasteiger partial charge in [-0.2, -0.15) is 26.3 Å². The van der Waals surface area contributed by atoms with Gasteiger partial charge in [-0.05, 0) is 79.4 Å². The molecule has 3 nitrogen and oxygen atoms in total. The maximum atomic E-state index is 13.7. The molecule has 0 spiro atoms. The first-order valence-corrected chi connectivity index (χ1v) is 13.9. The quantitative estimate of drug-likeness (QED) is 0.374. The number of carbonyl (C=O) groups is 2. The minimum atomic E-state index is -5.06. The lowest BCUT2D eigenvalue weighted by molar-refractivity contribution is -0.142. The van der Waals surface area contributed by atoms with Crippen LogP contribution < -0.4 is 5.32 Å². The Morgan fingerprint density at radius 1 is 1.00 bits per heavy atom. The van der Waals surface area contributed by atoms with E-state index in [0.717, 1.165) is 12.8 Å². The van der Waals surface area contributed by atoms with Gasteiger partial charge in [0, 0.05) is 16.6 Å². The van der Waals surface area contributed by atoms with E-state index in [1.165, 1.54) is 11.8 Å². The van der Waals surface area contributed by atoms with E-state index in [0.29, 0.717) is 49.3 Å². The summed E-state index contributed by atoms with van der Waals surface area (Å²) in [5.74, 6) is -0.483. The van der Waals surface area contributed by atoms with Crippen LogP contribution in [0.1, 0.15) is 64.0 Å². The SMILES string of the molecule is C[C@H]1C[C@H]2SC(=O)C=C[C@]2(C)[C@H]2CC[C@]3(C)[C@@H](C(=O)Nc4c(C(F)(F)F)cccc4C(F)(F)F)CC[C@H]3[C@H]12. The lowest BCUT2D eigenvalue weighted by atomic mass is 9.47. The number of hydrogen-bond donors (Lipinski definition) is 1. The first kappa shape index (κ1) is 27.6. The molecule has 10 heteroatoms. The first-order valence-electron chi connectivity index (χ1n) is 13.1. The van der Waals surface area contributed by atoms with Crippen molar-refractivity contribution in [2.24, 2.45) is 40.4 Å². The van der Waals surface area contributed by atoms with Crippen LogP contribution >= 0.6 is 11.8 Å². The van der Waals surface area contributed by atoms with Crippen LogP contribution in [0.4, 0.5) is 32.0 Å². The third-order valence-electron chi connectivity index (χ3n) is 10.1. The summed E-state index contributed by atoms with van der Waals surface area (Å²) in [5, 5.41) is 2.35. The van der Waals surface area contributed by atoms with E-state index in [2.05, 4.69) is 25.2 Å². The van der Waals surface area contributed by atoms with Gasteiger partial charge in [-0.25, -0.2) is 0 Å². The number of amides is 1. The molecule has 0 saturated heterocycles. The Morgan fingerprint density at radius 3 is 2.24 bits per heavy atom. The average Bonchev–Trinajstić information content (AvgIpc) is 3.16. The third kappa shape index (κ3) is 4.29. The molecular weight excluding hydrogens is 528 g/mol. The number of alkyl halides is 6. The fraction of sp³-hybridized carbons (Fsp3) is 0.643. The fourth-order valence-electron chi connectivity index (χ4n) is 8.33. The molecule has 38 heavy (non-hydrogen) atoms. The van der Waals surface area contributed by atoms with Crippen molar-refractivity contribution in [3.05, 3.63) is 41.5 Å². The molecule has 1 aromatic carbocycles. The standard InChI is InChI=1S/C28H31F6NO2S/c1-14-13-20-26(3,12-10-21(36)38-20)16-9-11-25(2)15(22(14)16)7-8-19(25)24(37)35-23-17(27(29,30)31)5-4-6-18(23)28(32,33)34/h4-6,10,12,14-16,19-20,22H,7-9,11,13H2,1-3H3,(H,35,37)/t14-,15-,16-,19+,20+,22-,25-,26+/m0/s1. The van der Waals surface area contributed by atoms with Crippen LogP contribution in [0.25, 0.3) is 0 Å². The second-order valence-corrected chi connectivity index (χ2v) is 13.2. The molecule has 0 aromatic heterocycles. The van der Waals surface area contributed by atoms with Gasteiger partial charge in [0.2, 0.25) is 11.0 Å². The Bertz CT molecular complexity index is 1150. The van der Waals surface area contributed by atoms with Crippen LogP contribution in [0.15, 0.2) is 30.4 Å². The number of fused-ring (bicyclic) bond motifs is 5. The monoisotopic (exact) mass is 559 g/mol. The number of benzene rings is 1. The molecule has 1 aromatic rings. The van der Waals surface area contributed by atoms with E-state index in [1.807, 2.05) is 6.92 Å². The summed E-state index contributed by atoms with van der Waals surface area (Å²) in [4.78, 5) is 25.6. The molecule has 3 aliphatic carbocycles. The van der Waals surface area contributed by atoms with Gasteiger partial charge in [0.1, 0.15) is 0 Å². The molecule has 0 radical (unpaired) electrons. The third-order valence-corrected chi connectivity index (χ3v) is 11.5. The number of hydrogen-bond acceptors (Lipinski definition) is 3. The molecule has 5 rings (SSSR count). The van der Waals surface area contributed by atoms with Gasteiger partial charge in [0.05, 0.1) is 16.8 Å². The van der Waals surface area contributed by atoms with Crippen molar-refractivity contribution in [3.8, 4) is 0 Å². The number of carbonyl (C=O) groups excluding carboxylic acids is 2. The molecule has 1 aliphatic heterocycles. The van der Waals surface area contributed by atoms with E-state index < -0.39 is 46.4 Å². The molecule has 3 fully saturated rings. The summed E-state index contributed by atoms with van der Waals surface area (Å²) in [5.41, 5.74) is -4.91. The lowest BCUT2D eigenvalue weighted by Gasteiger charge is -2.60. The number of allylic oxidation sites excluding steroid dienone is 1. The van der Waals surface area contributed by atoms with Crippen LogP contribution in [0.5, 0.6) is 0 Å². The largest absolute Gasteiger partial charge is 0.418 e. The highest BCUT2D eigenvalue weighted by atomic mass is 32.2. The summed E-state index contributed by atoms with van der Waals surface area (Å²) >= 11 is 1.39. The number of para-hydroxylation sites is 1. The van der Waals surface area contributed by atoms with E-state index in [4.69, 9.17) is 0 Å². The molecule has 0 bridgehead atoms. The summed E-state index contributed by atoms with van der Waals surface area (Å²) in [6, 6.07) is 1.84. The van der Waals surface area contributed by atoms with Crippen molar-refractivity contribution in [2.75, 3.05) is 5.32 Å². The van der Waals surface area contributed by atoms with Crippen LogP contribution in [0.3, 0.4) is 0 Å². The maximum absolute atomic E-state index is 13.7. The molecule has 1 heterocycles. The number of nitrogens with one attached hydrogen (secondary N) is 1. The summed E-state index contributed by atoms with van der Waals surface area (Å²) < 4.78 is 82.0. The Hall–Kier alpha value is -1.97. The summed E-state index contributed by atoms with van der Waals surface area (Å²) in [6.45, 7) is 6.36. The van der Waals surface area contributed by atoms with Gasteiger partial charge in [0.25, 0.3) is 0 Å². The first-order chi connectivity index (χ1) is 17.6. The maximum Gasteiger partial charge on any atom is 0.418 e. The molecule has 0 unspecified atom stereocenters. The Morgan fingerprint density at radius 2 is 1.63 bits per heavy atom. The zero-order chi connectivity index (χ0) is 27.8. The van der Waals surface area contributed by atoms with Crippen molar-refractivity contribution in [1.82, 2.24) is 0 Å². The number of anilines is 1. The van der Waals surface area contributed by atoms with Gasteiger partial charge >= 0.3 is 12.4 Å². The van der Waals surface area contributed by atoms with Gasteiger partial charge in [-0.1, -0.05) is 44.7 Å². The highest BCUT2D eigenvalue weighted by molar-refractivity contribution is 8.14. The predicted octanol–water partition coefficient (Wildman–Crippen LogP) is 7.97. The van der Waals surface area contributed by atoms with Crippen LogP contribution in [0, 0.1) is 40.4 Å². The number of thioether (sulfide) groups is 1. The average molecular weight is 560 g/mol. The van der Waals surface area contributed by atoms with E-state index >= 15 is 0 Å². The molecule has 8 atom stereocenters. The molecular formula is C28H31F6NO2S. The Balaban J connectivity index is 1.45. The normalized spacial score (nSPS) is 38.8. The zero-order valence-corrected chi connectivity index (χ0v) is 22.2. The lowest BCUT2D eigenvalue weighted by Crippen LogP contribution is -2.56. The second-order valence-electron chi connectivity index (χ2n) is 12.0. The zero-order valence-electron chi connectivity index (χ0n) is 21.4. The number of halogens is 6. The van der Waals surface area contributed by atoms with E-state index in [1.54, 1.807) is 6.08 Å². The second kappa shape index (κ2) is 9.03. The summed E-state index contributed by atoms with van der Waals surface area (Å²) in [6.07, 6.45) is -2.98. The van der Waals surface area contributed by atoms with Gasteiger partial charge < -0.3 is 5.32 Å². The van der Waals surface area contributed by atoms with Gasteiger partial charge in [0.15, 0.2) is 0 Å². The fourth-order valence-corrected chi connectivity index (χ4v) is 9.67. The minimum Gasteiger partial charge on any atom is -0.325 e. The highest BCUT2D eigenvalue weighted by Crippen LogP contribution is 2.67. The Kier molecular flexibility index (Phi) is 6.56. The smallest absolute Gasteiger partial charge is 0.325 e. The highest BCUT2D eigenvalue weighted by Gasteiger charge is 2.62. The molecule has 4 aliphatic rings. The van der Waals surface area contributed by atoms with Crippen molar-refractivity contribution in [3.63, 3.8) is 0 Å². The minimum absolute atomic E-state index is 0.0636. The van der Waals surface area contributed by atoms with Crippen LogP contribution in [-0.4, -0.2) is 16.3 Å². The number of rotatable bonds is 2. The molecule has 208 valence electrons. The van der Waals surface area contributed by atoms with Crippen molar-refractivity contribution in [1.29, 1.82) is 0 Å². The molecule has 1 amide bonds. The molecule has 1 N–H and O–H groups in total. The Labute approximate surface area is 222 Å². The van der Waals surface area contributed by atoms with Crippen molar-refractivity contribution < 1.29 is 35.9 Å². The van der Waals surface area contributed by atoms with E-state index in [9.17, 15) is 35.9 Å². The predicted molar refractivity (Wildman–Crippen MR) is 133 cm³/mol. The summed E-state index contributed by atoms with van der Waals surface area (Å²) in [7, 11) is 0. The topological polar surface area (TPSA) is 46.2 Å². The van der Waals surface area contributed by atoms with Crippen molar-refractivity contribution in [2.45, 2.75) is 70.5 Å². The van der Waals surface area contributed by atoms with E-state index in [-0.39, 0.29) is 27.6 Å². The van der Waals surface area contributed by atoms with Gasteiger partial charge in [-0.3, -0.25) is 9.59 Å². The van der Waals surface area contributed by atoms with Crippen LogP contribution in [-0.2, 0) is 21.9 Å². The van der Waals surface area contributed by atoms with Crippen molar-refractivity contribution >= 4 is 28.5 Å². The van der Waals surface area contributed by atoms with Crippen LogP contribution in [0.2, 0.25) is 0 Å².